The number of rotatable bonds is 3. The Kier molecular flexibility index (Phi) is 4.29. The van der Waals surface area contributed by atoms with Crippen LogP contribution in [0.3, 0.4) is 0 Å². The molecule has 2 aromatic rings. The zero-order chi connectivity index (χ0) is 11.5. The molecule has 3 heterocycles. The van der Waals surface area contributed by atoms with Crippen molar-refractivity contribution in [3.05, 3.63) is 18.3 Å². The number of imidazole rings is 1. The fourth-order valence-corrected chi connectivity index (χ4v) is 1.77. The average Bonchev–Trinajstić information content (AvgIpc) is 3.00. The lowest BCUT2D eigenvalue weighted by atomic mass is 10.2. The van der Waals surface area contributed by atoms with Crippen molar-refractivity contribution in [2.75, 3.05) is 19.7 Å². The SMILES string of the molecule is Cl.c1c[nH]c(-c2noc(CC3CNCCO3)n2)n1. The van der Waals surface area contributed by atoms with E-state index in [1.165, 1.54) is 0 Å². The van der Waals surface area contributed by atoms with E-state index < -0.39 is 0 Å². The number of aromatic amines is 1. The van der Waals surface area contributed by atoms with Gasteiger partial charge in [-0.2, -0.15) is 4.98 Å². The van der Waals surface area contributed by atoms with Gasteiger partial charge < -0.3 is 19.6 Å². The Balaban J connectivity index is 0.00000120. The lowest BCUT2D eigenvalue weighted by Crippen LogP contribution is -2.39. The maximum Gasteiger partial charge on any atom is 0.238 e. The van der Waals surface area contributed by atoms with Crippen molar-refractivity contribution >= 4 is 12.4 Å². The second-order valence-electron chi connectivity index (χ2n) is 3.85. The van der Waals surface area contributed by atoms with Gasteiger partial charge in [0.15, 0.2) is 5.82 Å². The summed E-state index contributed by atoms with van der Waals surface area (Å²) in [5, 5.41) is 7.12. The Morgan fingerprint density at radius 1 is 1.44 bits per heavy atom. The molecule has 2 aromatic heterocycles. The Labute approximate surface area is 110 Å². The van der Waals surface area contributed by atoms with E-state index in [0.29, 0.717) is 24.0 Å². The highest BCUT2D eigenvalue weighted by molar-refractivity contribution is 5.85. The number of hydrogen-bond donors (Lipinski definition) is 2. The van der Waals surface area contributed by atoms with Gasteiger partial charge in [0.1, 0.15) is 0 Å². The molecule has 0 radical (unpaired) electrons. The lowest BCUT2D eigenvalue weighted by Gasteiger charge is -2.21. The maximum atomic E-state index is 5.57. The van der Waals surface area contributed by atoms with Crippen molar-refractivity contribution in [3.8, 4) is 11.6 Å². The largest absolute Gasteiger partial charge is 0.375 e. The van der Waals surface area contributed by atoms with Crippen LogP contribution in [0.25, 0.3) is 11.6 Å². The van der Waals surface area contributed by atoms with Gasteiger partial charge in [-0.1, -0.05) is 5.16 Å². The number of hydrogen-bond acceptors (Lipinski definition) is 6. The Morgan fingerprint density at radius 3 is 3.11 bits per heavy atom. The Bertz CT molecular complexity index is 466. The summed E-state index contributed by atoms with van der Waals surface area (Å²) < 4.78 is 10.7. The van der Waals surface area contributed by atoms with Gasteiger partial charge in [0.25, 0.3) is 0 Å². The molecule has 1 saturated heterocycles. The first kappa shape index (κ1) is 13.0. The molecule has 1 unspecified atom stereocenters. The molecular formula is C10H14ClN5O2. The normalized spacial score (nSPS) is 19.4. The zero-order valence-corrected chi connectivity index (χ0v) is 10.4. The second-order valence-corrected chi connectivity index (χ2v) is 3.85. The monoisotopic (exact) mass is 271 g/mol. The molecule has 0 spiro atoms. The predicted molar refractivity (Wildman–Crippen MR) is 65.4 cm³/mol. The molecule has 0 aliphatic carbocycles. The van der Waals surface area contributed by atoms with E-state index in [0.717, 1.165) is 19.7 Å². The summed E-state index contributed by atoms with van der Waals surface area (Å²) >= 11 is 0. The highest BCUT2D eigenvalue weighted by Crippen LogP contribution is 2.12. The molecule has 1 aliphatic rings. The van der Waals surface area contributed by atoms with Gasteiger partial charge in [-0.25, -0.2) is 4.98 Å². The molecule has 18 heavy (non-hydrogen) atoms. The third-order valence-corrected chi connectivity index (χ3v) is 2.58. The molecule has 1 atom stereocenters. The number of halogens is 1. The summed E-state index contributed by atoms with van der Waals surface area (Å²) in [6.45, 7) is 2.44. The summed E-state index contributed by atoms with van der Waals surface area (Å²) in [4.78, 5) is 11.3. The van der Waals surface area contributed by atoms with E-state index in [9.17, 15) is 0 Å². The van der Waals surface area contributed by atoms with Gasteiger partial charge in [-0.15, -0.1) is 12.4 Å². The van der Waals surface area contributed by atoms with E-state index in [1.807, 2.05) is 0 Å². The number of nitrogens with zero attached hydrogens (tertiary/aromatic N) is 3. The van der Waals surface area contributed by atoms with Crippen LogP contribution in [0.5, 0.6) is 0 Å². The van der Waals surface area contributed by atoms with Crippen molar-refractivity contribution in [3.63, 3.8) is 0 Å². The summed E-state index contributed by atoms with van der Waals surface area (Å²) in [7, 11) is 0. The van der Waals surface area contributed by atoms with Crippen LogP contribution >= 0.6 is 12.4 Å². The van der Waals surface area contributed by atoms with Gasteiger partial charge in [0.05, 0.1) is 19.1 Å². The molecule has 2 N–H and O–H groups in total. The minimum absolute atomic E-state index is 0. The van der Waals surface area contributed by atoms with Crippen molar-refractivity contribution in [2.45, 2.75) is 12.5 Å². The molecule has 0 aromatic carbocycles. The fourth-order valence-electron chi connectivity index (χ4n) is 1.77. The van der Waals surface area contributed by atoms with E-state index in [-0.39, 0.29) is 18.5 Å². The lowest BCUT2D eigenvalue weighted by molar-refractivity contribution is 0.0246. The molecule has 3 rings (SSSR count). The van der Waals surface area contributed by atoms with Gasteiger partial charge in [0.2, 0.25) is 11.7 Å². The quantitative estimate of drug-likeness (QED) is 0.841. The molecule has 1 aliphatic heterocycles. The molecule has 0 bridgehead atoms. The van der Waals surface area contributed by atoms with E-state index in [2.05, 4.69) is 25.4 Å². The highest BCUT2D eigenvalue weighted by Gasteiger charge is 2.18. The Morgan fingerprint density at radius 2 is 2.39 bits per heavy atom. The van der Waals surface area contributed by atoms with Crippen LogP contribution in [0.2, 0.25) is 0 Å². The standard InChI is InChI=1S/C10H13N5O2.ClH/c1-2-13-9(12-1)10-14-8(17-15-10)5-7-6-11-3-4-16-7;/h1-2,7,11H,3-6H2,(H,12,13);1H. The van der Waals surface area contributed by atoms with E-state index in [1.54, 1.807) is 12.4 Å². The average molecular weight is 272 g/mol. The van der Waals surface area contributed by atoms with E-state index >= 15 is 0 Å². The zero-order valence-electron chi connectivity index (χ0n) is 9.63. The highest BCUT2D eigenvalue weighted by atomic mass is 35.5. The van der Waals surface area contributed by atoms with Crippen molar-refractivity contribution < 1.29 is 9.26 Å². The van der Waals surface area contributed by atoms with Crippen LogP contribution in [-0.2, 0) is 11.2 Å². The second kappa shape index (κ2) is 5.94. The van der Waals surface area contributed by atoms with Gasteiger partial charge >= 0.3 is 0 Å². The van der Waals surface area contributed by atoms with Crippen molar-refractivity contribution in [1.29, 1.82) is 0 Å². The Hall–Kier alpha value is -1.44. The van der Waals surface area contributed by atoms with Crippen LogP contribution in [0.15, 0.2) is 16.9 Å². The maximum absolute atomic E-state index is 5.57. The van der Waals surface area contributed by atoms with Crippen molar-refractivity contribution in [2.24, 2.45) is 0 Å². The smallest absolute Gasteiger partial charge is 0.238 e. The fraction of sp³-hybridized carbons (Fsp3) is 0.500. The molecule has 7 nitrogen and oxygen atoms in total. The van der Waals surface area contributed by atoms with Crippen LogP contribution in [-0.4, -0.2) is 45.9 Å². The molecular weight excluding hydrogens is 258 g/mol. The van der Waals surface area contributed by atoms with Crippen LogP contribution < -0.4 is 5.32 Å². The summed E-state index contributed by atoms with van der Waals surface area (Å²) in [5.74, 6) is 1.67. The minimum atomic E-state index is 0. The predicted octanol–water partition coefficient (Wildman–Crippen LogP) is 0.412. The topological polar surface area (TPSA) is 88.9 Å². The number of morpholine rings is 1. The summed E-state index contributed by atoms with van der Waals surface area (Å²) in [5.41, 5.74) is 0. The van der Waals surface area contributed by atoms with Crippen molar-refractivity contribution in [1.82, 2.24) is 25.4 Å². The molecule has 0 saturated carbocycles. The molecule has 0 amide bonds. The van der Waals surface area contributed by atoms with Gasteiger partial charge in [0, 0.05) is 25.5 Å². The van der Waals surface area contributed by atoms with Gasteiger partial charge in [-0.3, -0.25) is 0 Å². The van der Waals surface area contributed by atoms with Crippen LogP contribution in [0, 0.1) is 0 Å². The first-order valence-corrected chi connectivity index (χ1v) is 5.56. The van der Waals surface area contributed by atoms with Gasteiger partial charge in [-0.05, 0) is 0 Å². The number of H-pyrrole nitrogens is 1. The number of nitrogens with one attached hydrogen (secondary N) is 2. The van der Waals surface area contributed by atoms with Crippen LogP contribution in [0.1, 0.15) is 5.89 Å². The summed E-state index contributed by atoms with van der Waals surface area (Å²) in [6, 6.07) is 0. The summed E-state index contributed by atoms with van der Waals surface area (Å²) in [6.07, 6.45) is 4.11. The third-order valence-electron chi connectivity index (χ3n) is 2.58. The number of aromatic nitrogens is 4. The third kappa shape index (κ3) is 2.87. The number of ether oxygens (including phenoxy) is 1. The first-order chi connectivity index (χ1) is 8.42. The van der Waals surface area contributed by atoms with Crippen LogP contribution in [0.4, 0.5) is 0 Å². The first-order valence-electron chi connectivity index (χ1n) is 5.56. The molecule has 8 heteroatoms. The van der Waals surface area contributed by atoms with E-state index in [4.69, 9.17) is 9.26 Å². The molecule has 1 fully saturated rings. The minimum Gasteiger partial charge on any atom is -0.375 e. The molecule has 98 valence electrons.